The van der Waals surface area contributed by atoms with Gasteiger partial charge in [-0.3, -0.25) is 4.99 Å². The smallest absolute Gasteiger partial charge is 0.191 e. The number of nitrogens with zero attached hydrogens (tertiary/aromatic N) is 2. The molecule has 2 heterocycles. The predicted octanol–water partition coefficient (Wildman–Crippen LogP) is 3.62. The van der Waals surface area contributed by atoms with Crippen LogP contribution in [0.25, 0.3) is 0 Å². The first-order valence-electron chi connectivity index (χ1n) is 10.2. The van der Waals surface area contributed by atoms with Crippen molar-refractivity contribution in [2.24, 2.45) is 4.99 Å². The molecule has 0 aliphatic carbocycles. The fourth-order valence-electron chi connectivity index (χ4n) is 3.25. The van der Waals surface area contributed by atoms with Crippen LogP contribution in [0.4, 0.5) is 0 Å². The van der Waals surface area contributed by atoms with Gasteiger partial charge in [0.1, 0.15) is 12.4 Å². The van der Waals surface area contributed by atoms with Crippen LogP contribution in [-0.2, 0) is 11.3 Å². The van der Waals surface area contributed by atoms with Crippen LogP contribution in [0.5, 0.6) is 0 Å². The molecule has 1 aliphatic rings. The van der Waals surface area contributed by atoms with Crippen LogP contribution in [0.1, 0.15) is 51.7 Å². The number of nitrogens with one attached hydrogen (secondary N) is 2. The molecule has 2 rings (SSSR count). The van der Waals surface area contributed by atoms with Crippen LogP contribution in [0.2, 0.25) is 0 Å². The highest BCUT2D eigenvalue weighted by Gasteiger charge is 2.17. The Hall–Kier alpha value is -0.800. The quantitative estimate of drug-likeness (QED) is 0.214. The van der Waals surface area contributed by atoms with Crippen LogP contribution in [0.15, 0.2) is 27.8 Å². The molecule has 0 amide bonds. The maximum absolute atomic E-state index is 5.59. The Morgan fingerprint density at radius 1 is 1.33 bits per heavy atom. The highest BCUT2D eigenvalue weighted by molar-refractivity contribution is 14.0. The van der Waals surface area contributed by atoms with Gasteiger partial charge in [-0.15, -0.1) is 24.0 Å². The van der Waals surface area contributed by atoms with Crippen molar-refractivity contribution >= 4 is 29.9 Å². The summed E-state index contributed by atoms with van der Waals surface area (Å²) in [6, 6.07) is 4.55. The van der Waals surface area contributed by atoms with Gasteiger partial charge in [-0.1, -0.05) is 6.42 Å². The first kappa shape index (κ1) is 24.2. The van der Waals surface area contributed by atoms with Crippen molar-refractivity contribution in [2.45, 2.75) is 58.6 Å². The Balaban J connectivity index is 0.00000364. The monoisotopic (exact) mass is 492 g/mol. The number of piperidine rings is 1. The Morgan fingerprint density at radius 2 is 2.22 bits per heavy atom. The summed E-state index contributed by atoms with van der Waals surface area (Å²) in [6.07, 6.45) is 7.81. The predicted molar refractivity (Wildman–Crippen MR) is 122 cm³/mol. The third kappa shape index (κ3) is 10.4. The van der Waals surface area contributed by atoms with E-state index in [2.05, 4.69) is 34.4 Å². The maximum atomic E-state index is 5.59. The van der Waals surface area contributed by atoms with Crippen LogP contribution in [0, 0.1) is 0 Å². The van der Waals surface area contributed by atoms with Crippen LogP contribution in [0.3, 0.4) is 0 Å². The minimum atomic E-state index is 0. The van der Waals surface area contributed by atoms with E-state index in [0.29, 0.717) is 13.2 Å². The third-order valence-electron chi connectivity index (χ3n) is 4.74. The number of halogens is 1. The van der Waals surface area contributed by atoms with Gasteiger partial charge < -0.3 is 24.7 Å². The molecule has 1 aromatic heterocycles. The number of hydrogen-bond acceptors (Lipinski definition) is 4. The second-order valence-corrected chi connectivity index (χ2v) is 6.91. The van der Waals surface area contributed by atoms with Crippen LogP contribution in [-0.4, -0.2) is 56.2 Å². The van der Waals surface area contributed by atoms with E-state index >= 15 is 0 Å². The first-order chi connectivity index (χ1) is 12.8. The van der Waals surface area contributed by atoms with Gasteiger partial charge in [0.15, 0.2) is 5.96 Å². The molecule has 156 valence electrons. The topological polar surface area (TPSA) is 62.0 Å². The van der Waals surface area contributed by atoms with E-state index in [1.54, 1.807) is 6.26 Å². The SMILES string of the molecule is CCNC(=NCCCOCc1ccco1)NCCCN1CCCCC1C.I. The number of hydrogen-bond donors (Lipinski definition) is 2. The standard InChI is InChI=1S/C20H36N4O2.HI/c1-3-21-20(22-11-7-14-24-13-5-4-9-18(24)2)23-12-8-15-25-17-19-10-6-16-26-19;/h6,10,16,18H,3-5,7-9,11-15,17H2,1-2H3,(H2,21,22,23);1H. The third-order valence-corrected chi connectivity index (χ3v) is 4.74. The molecule has 1 aliphatic heterocycles. The van der Waals surface area contributed by atoms with E-state index in [4.69, 9.17) is 9.15 Å². The van der Waals surface area contributed by atoms with Crippen molar-refractivity contribution in [2.75, 3.05) is 39.3 Å². The normalized spacial score (nSPS) is 18.1. The zero-order valence-corrected chi connectivity index (χ0v) is 19.2. The average Bonchev–Trinajstić information content (AvgIpc) is 3.16. The van der Waals surface area contributed by atoms with Gasteiger partial charge in [0.2, 0.25) is 0 Å². The Bertz CT molecular complexity index is 496. The molecule has 6 nitrogen and oxygen atoms in total. The summed E-state index contributed by atoms with van der Waals surface area (Å²) in [5, 5.41) is 6.76. The molecule has 1 aromatic rings. The minimum Gasteiger partial charge on any atom is -0.467 e. The number of rotatable bonds is 11. The van der Waals surface area contributed by atoms with Crippen molar-refractivity contribution in [1.29, 1.82) is 0 Å². The summed E-state index contributed by atoms with van der Waals surface area (Å²) < 4.78 is 10.8. The molecule has 0 bridgehead atoms. The minimum absolute atomic E-state index is 0. The van der Waals surface area contributed by atoms with Gasteiger partial charge in [-0.2, -0.15) is 0 Å². The van der Waals surface area contributed by atoms with E-state index in [1.165, 1.54) is 32.4 Å². The molecule has 1 fully saturated rings. The molecule has 0 saturated carbocycles. The van der Waals surface area contributed by atoms with Gasteiger partial charge in [-0.25, -0.2) is 0 Å². The number of ether oxygens (including phenoxy) is 1. The average molecular weight is 492 g/mol. The van der Waals surface area contributed by atoms with Crippen molar-refractivity contribution in [3.63, 3.8) is 0 Å². The van der Waals surface area contributed by atoms with Gasteiger partial charge in [-0.05, 0) is 58.2 Å². The number of furan rings is 1. The maximum Gasteiger partial charge on any atom is 0.191 e. The zero-order chi connectivity index (χ0) is 18.5. The summed E-state index contributed by atoms with van der Waals surface area (Å²) >= 11 is 0. The molecule has 2 N–H and O–H groups in total. The van der Waals surface area contributed by atoms with Gasteiger partial charge in [0, 0.05) is 38.8 Å². The summed E-state index contributed by atoms with van der Waals surface area (Å²) in [5.41, 5.74) is 0. The zero-order valence-electron chi connectivity index (χ0n) is 16.9. The molecular formula is C20H37IN4O2. The summed E-state index contributed by atoms with van der Waals surface area (Å²) in [4.78, 5) is 7.24. The number of aliphatic imine (C=N–C) groups is 1. The molecule has 0 spiro atoms. The van der Waals surface area contributed by atoms with Gasteiger partial charge in [0.05, 0.1) is 6.26 Å². The van der Waals surface area contributed by atoms with Crippen molar-refractivity contribution in [1.82, 2.24) is 15.5 Å². The van der Waals surface area contributed by atoms with E-state index in [-0.39, 0.29) is 24.0 Å². The molecule has 0 aromatic carbocycles. The molecule has 7 heteroatoms. The lowest BCUT2D eigenvalue weighted by Crippen LogP contribution is -2.41. The second kappa shape index (κ2) is 15.2. The van der Waals surface area contributed by atoms with Crippen molar-refractivity contribution < 1.29 is 9.15 Å². The first-order valence-corrected chi connectivity index (χ1v) is 10.2. The summed E-state index contributed by atoms with van der Waals surface area (Å²) in [5.74, 6) is 1.77. The van der Waals surface area contributed by atoms with Crippen molar-refractivity contribution in [3.05, 3.63) is 24.2 Å². The van der Waals surface area contributed by atoms with Crippen LogP contribution < -0.4 is 10.6 Å². The highest BCUT2D eigenvalue weighted by Crippen LogP contribution is 2.15. The Labute approximate surface area is 181 Å². The lowest BCUT2D eigenvalue weighted by Gasteiger charge is -2.33. The molecule has 27 heavy (non-hydrogen) atoms. The number of guanidine groups is 1. The second-order valence-electron chi connectivity index (χ2n) is 6.91. The van der Waals surface area contributed by atoms with Gasteiger partial charge in [0.25, 0.3) is 0 Å². The summed E-state index contributed by atoms with van der Waals surface area (Å²) in [7, 11) is 0. The van der Waals surface area contributed by atoms with E-state index < -0.39 is 0 Å². The van der Waals surface area contributed by atoms with E-state index in [9.17, 15) is 0 Å². The van der Waals surface area contributed by atoms with Crippen LogP contribution >= 0.6 is 24.0 Å². The molecule has 1 unspecified atom stereocenters. The largest absolute Gasteiger partial charge is 0.467 e. The highest BCUT2D eigenvalue weighted by atomic mass is 127. The lowest BCUT2D eigenvalue weighted by molar-refractivity contribution is 0.105. The molecule has 1 atom stereocenters. The van der Waals surface area contributed by atoms with E-state index in [0.717, 1.165) is 50.2 Å². The van der Waals surface area contributed by atoms with Crippen molar-refractivity contribution in [3.8, 4) is 0 Å². The van der Waals surface area contributed by atoms with E-state index in [1.807, 2.05) is 12.1 Å². The summed E-state index contributed by atoms with van der Waals surface area (Å²) in [6.45, 7) is 10.7. The number of likely N-dealkylation sites (tertiary alicyclic amines) is 1. The lowest BCUT2D eigenvalue weighted by atomic mass is 10.0. The molecular weight excluding hydrogens is 455 g/mol. The Kier molecular flexibility index (Phi) is 13.6. The van der Waals surface area contributed by atoms with Gasteiger partial charge >= 0.3 is 0 Å². The fraction of sp³-hybridized carbons (Fsp3) is 0.750. The fourth-order valence-corrected chi connectivity index (χ4v) is 3.25. The molecule has 0 radical (unpaired) electrons. The molecule has 1 saturated heterocycles. The Morgan fingerprint density at radius 3 is 2.96 bits per heavy atom.